The fourth-order valence-electron chi connectivity index (χ4n) is 2.16. The number of aliphatic imine (C=N–C) groups is 1. The van der Waals surface area contributed by atoms with Crippen LogP contribution in [-0.4, -0.2) is 12.2 Å². The summed E-state index contributed by atoms with van der Waals surface area (Å²) >= 11 is 0. The van der Waals surface area contributed by atoms with Gasteiger partial charge in [-0.05, 0) is 24.4 Å². The van der Waals surface area contributed by atoms with Crippen LogP contribution in [0.3, 0.4) is 0 Å². The van der Waals surface area contributed by atoms with Crippen LogP contribution in [0.5, 0.6) is 0 Å². The van der Waals surface area contributed by atoms with E-state index in [2.05, 4.69) is 11.6 Å². The zero-order valence-electron chi connectivity index (χ0n) is 10.1. The number of carbonyl (C=O) groups excluding carboxylic acids is 1. The Morgan fingerprint density at radius 2 is 1.94 bits per heavy atom. The van der Waals surface area contributed by atoms with Gasteiger partial charge in [0.25, 0.3) is 5.91 Å². The minimum absolute atomic E-state index is 0.124. The second kappa shape index (κ2) is 3.81. The molecule has 0 radical (unpaired) electrons. The zero-order valence-corrected chi connectivity index (χ0v) is 10.1. The van der Waals surface area contributed by atoms with Crippen LogP contribution < -0.4 is 4.90 Å². The van der Waals surface area contributed by atoms with Gasteiger partial charge in [-0.2, -0.15) is 0 Å². The molecule has 1 heterocycles. The summed E-state index contributed by atoms with van der Waals surface area (Å²) in [4.78, 5) is 18.0. The van der Waals surface area contributed by atoms with E-state index in [0.29, 0.717) is 5.57 Å². The molecule has 0 N–H and O–H groups in total. The largest absolute Gasteiger partial charge is 0.269 e. The summed E-state index contributed by atoms with van der Waals surface area (Å²) in [6.45, 7) is 5.40. The van der Waals surface area contributed by atoms with Crippen LogP contribution >= 0.6 is 0 Å². The number of nitrogens with zero attached hydrogens (tertiary/aromatic N) is 2. The van der Waals surface area contributed by atoms with Gasteiger partial charge in [-0.15, -0.1) is 0 Å². The number of hydrogen-bond acceptors (Lipinski definition) is 2. The average molecular weight is 236 g/mol. The van der Waals surface area contributed by atoms with Gasteiger partial charge in [0.15, 0.2) is 0 Å². The highest BCUT2D eigenvalue weighted by molar-refractivity contribution is 6.23. The number of carbonyl (C=O) groups is 1. The third kappa shape index (κ3) is 1.44. The van der Waals surface area contributed by atoms with E-state index in [1.54, 1.807) is 18.2 Å². The van der Waals surface area contributed by atoms with E-state index < -0.39 is 0 Å². The molecular weight excluding hydrogens is 224 g/mol. The van der Waals surface area contributed by atoms with Crippen LogP contribution in [0, 0.1) is 0 Å². The molecule has 0 fully saturated rings. The molecule has 3 nitrogen and oxygen atoms in total. The second-order valence-electron chi connectivity index (χ2n) is 4.35. The molecule has 3 rings (SSSR count). The summed E-state index contributed by atoms with van der Waals surface area (Å²) < 4.78 is 0. The Bertz CT molecular complexity index is 695. The van der Waals surface area contributed by atoms with Crippen LogP contribution in [0.15, 0.2) is 53.5 Å². The molecule has 1 aliphatic rings. The van der Waals surface area contributed by atoms with Gasteiger partial charge in [0, 0.05) is 11.0 Å². The van der Waals surface area contributed by atoms with E-state index in [-0.39, 0.29) is 5.91 Å². The van der Waals surface area contributed by atoms with Crippen LogP contribution in [0.2, 0.25) is 0 Å². The van der Waals surface area contributed by atoms with Crippen molar-refractivity contribution in [3.05, 3.63) is 48.6 Å². The number of rotatable bonds is 1. The third-order valence-corrected chi connectivity index (χ3v) is 3.02. The standard InChI is InChI=1S/C15H12N2O/c1-10(2)15(18)17-9-16-12-7-3-5-11-6-4-8-13(17)14(11)12/h3-9H,1H2,2H3. The molecule has 1 amide bonds. The van der Waals surface area contributed by atoms with Crippen molar-refractivity contribution >= 4 is 34.4 Å². The van der Waals surface area contributed by atoms with Crippen molar-refractivity contribution < 1.29 is 4.79 Å². The minimum Gasteiger partial charge on any atom is -0.269 e. The fourth-order valence-corrected chi connectivity index (χ4v) is 2.16. The van der Waals surface area contributed by atoms with Crippen molar-refractivity contribution in [2.24, 2.45) is 4.99 Å². The van der Waals surface area contributed by atoms with E-state index in [1.165, 1.54) is 0 Å². The normalized spacial score (nSPS) is 12.8. The lowest BCUT2D eigenvalue weighted by atomic mass is 10.0. The van der Waals surface area contributed by atoms with Crippen molar-refractivity contribution in [1.82, 2.24) is 0 Å². The Kier molecular flexibility index (Phi) is 2.27. The zero-order chi connectivity index (χ0) is 12.7. The van der Waals surface area contributed by atoms with Gasteiger partial charge in [-0.25, -0.2) is 4.99 Å². The maximum atomic E-state index is 12.1. The Hall–Kier alpha value is -2.42. The first-order chi connectivity index (χ1) is 8.68. The average Bonchev–Trinajstić information content (AvgIpc) is 2.39. The van der Waals surface area contributed by atoms with Crippen molar-refractivity contribution in [3.8, 4) is 0 Å². The van der Waals surface area contributed by atoms with Gasteiger partial charge in [0.05, 0.1) is 11.4 Å². The SMILES string of the molecule is C=C(C)C(=O)N1C=Nc2cccc3cccc1c23. The number of hydrogen-bond donors (Lipinski definition) is 0. The Labute approximate surface area is 105 Å². The van der Waals surface area contributed by atoms with Gasteiger partial charge >= 0.3 is 0 Å². The lowest BCUT2D eigenvalue weighted by Gasteiger charge is -2.23. The third-order valence-electron chi connectivity index (χ3n) is 3.02. The number of anilines is 1. The first-order valence-corrected chi connectivity index (χ1v) is 5.73. The number of benzene rings is 2. The highest BCUT2D eigenvalue weighted by Gasteiger charge is 2.21. The highest BCUT2D eigenvalue weighted by atomic mass is 16.2. The van der Waals surface area contributed by atoms with E-state index >= 15 is 0 Å². The van der Waals surface area contributed by atoms with Gasteiger partial charge < -0.3 is 0 Å². The maximum absolute atomic E-state index is 12.1. The van der Waals surface area contributed by atoms with E-state index in [1.807, 2.05) is 36.4 Å². The Morgan fingerprint density at radius 3 is 2.67 bits per heavy atom. The molecule has 0 atom stereocenters. The van der Waals surface area contributed by atoms with Gasteiger partial charge in [-0.3, -0.25) is 9.69 Å². The highest BCUT2D eigenvalue weighted by Crippen LogP contribution is 2.37. The van der Waals surface area contributed by atoms with E-state index in [0.717, 1.165) is 22.1 Å². The molecule has 0 saturated heterocycles. The van der Waals surface area contributed by atoms with Crippen molar-refractivity contribution in [2.45, 2.75) is 6.92 Å². The van der Waals surface area contributed by atoms with Gasteiger partial charge in [0.1, 0.15) is 6.34 Å². The fraction of sp³-hybridized carbons (Fsp3) is 0.0667. The molecule has 3 heteroatoms. The quantitative estimate of drug-likeness (QED) is 0.698. The lowest BCUT2D eigenvalue weighted by Crippen LogP contribution is -2.31. The second-order valence-corrected chi connectivity index (χ2v) is 4.35. The van der Waals surface area contributed by atoms with Gasteiger partial charge in [-0.1, -0.05) is 30.8 Å². The van der Waals surface area contributed by atoms with E-state index in [9.17, 15) is 4.79 Å². The van der Waals surface area contributed by atoms with Crippen molar-refractivity contribution in [2.75, 3.05) is 4.90 Å². The Balaban J connectivity index is 2.28. The molecular formula is C15H12N2O. The summed E-state index contributed by atoms with van der Waals surface area (Å²) in [7, 11) is 0. The predicted molar refractivity (Wildman–Crippen MR) is 74.4 cm³/mol. The van der Waals surface area contributed by atoms with Crippen molar-refractivity contribution in [3.63, 3.8) is 0 Å². The first-order valence-electron chi connectivity index (χ1n) is 5.73. The van der Waals surface area contributed by atoms with Crippen LogP contribution in [0.25, 0.3) is 10.8 Å². The van der Waals surface area contributed by atoms with Crippen molar-refractivity contribution in [1.29, 1.82) is 0 Å². The first kappa shape index (κ1) is 10.7. The smallest absolute Gasteiger partial charge is 0.258 e. The minimum atomic E-state index is -0.124. The molecule has 0 aliphatic carbocycles. The molecule has 0 saturated carbocycles. The van der Waals surface area contributed by atoms with Crippen LogP contribution in [0.1, 0.15) is 6.92 Å². The summed E-state index contributed by atoms with van der Waals surface area (Å²) in [5.74, 6) is -0.124. The van der Waals surface area contributed by atoms with Gasteiger partial charge in [0.2, 0.25) is 0 Å². The molecule has 2 aromatic rings. The summed E-state index contributed by atoms with van der Waals surface area (Å²) in [5, 5.41) is 2.10. The molecule has 2 aromatic carbocycles. The molecule has 1 aliphatic heterocycles. The van der Waals surface area contributed by atoms with E-state index in [4.69, 9.17) is 0 Å². The Morgan fingerprint density at radius 1 is 1.22 bits per heavy atom. The van der Waals surface area contributed by atoms with Crippen LogP contribution in [0.4, 0.5) is 11.4 Å². The molecule has 0 bridgehead atoms. The maximum Gasteiger partial charge on any atom is 0.258 e. The summed E-state index contributed by atoms with van der Waals surface area (Å²) in [6.07, 6.45) is 1.56. The molecule has 0 spiro atoms. The summed E-state index contributed by atoms with van der Waals surface area (Å²) in [5.41, 5.74) is 2.26. The predicted octanol–water partition coefficient (Wildman–Crippen LogP) is 3.42. The monoisotopic (exact) mass is 236 g/mol. The lowest BCUT2D eigenvalue weighted by molar-refractivity contribution is -0.114. The summed E-state index contributed by atoms with van der Waals surface area (Å²) in [6, 6.07) is 11.8. The molecule has 18 heavy (non-hydrogen) atoms. The molecule has 88 valence electrons. The van der Waals surface area contributed by atoms with Crippen LogP contribution in [-0.2, 0) is 4.79 Å². The number of amides is 1. The topological polar surface area (TPSA) is 32.7 Å². The molecule has 0 unspecified atom stereocenters. The molecule has 0 aromatic heterocycles.